The van der Waals surface area contributed by atoms with E-state index < -0.39 is 0 Å². The molecule has 2 nitrogen and oxygen atoms in total. The van der Waals surface area contributed by atoms with Crippen molar-refractivity contribution in [2.45, 2.75) is 32.4 Å². The summed E-state index contributed by atoms with van der Waals surface area (Å²) >= 11 is 0. The maximum Gasteiger partial charge on any atom is 0.0635 e. The summed E-state index contributed by atoms with van der Waals surface area (Å²) in [7, 11) is 0. The zero-order valence-corrected chi connectivity index (χ0v) is 10.0. The van der Waals surface area contributed by atoms with Gasteiger partial charge < -0.3 is 0 Å². The van der Waals surface area contributed by atoms with Crippen molar-refractivity contribution < 1.29 is 0 Å². The molecule has 1 aromatic carbocycles. The van der Waals surface area contributed by atoms with Gasteiger partial charge in [0.05, 0.1) is 6.54 Å². The number of hydrogen-bond acceptors (Lipinski definition) is 2. The highest BCUT2D eigenvalue weighted by molar-refractivity contribution is 5.33. The molecule has 1 fully saturated rings. The quantitative estimate of drug-likeness (QED) is 0.706. The average molecular weight is 216 g/mol. The molecule has 86 valence electrons. The van der Waals surface area contributed by atoms with Crippen LogP contribution in [0.15, 0.2) is 29.3 Å². The first-order valence-corrected chi connectivity index (χ1v) is 6.11. The third-order valence-corrected chi connectivity index (χ3v) is 3.47. The zero-order chi connectivity index (χ0) is 11.4. The number of aliphatic imine (C=N–C) groups is 1. The van der Waals surface area contributed by atoms with Gasteiger partial charge in [-0.3, -0.25) is 9.89 Å². The minimum absolute atomic E-state index is 0.600. The van der Waals surface area contributed by atoms with Crippen LogP contribution < -0.4 is 0 Å². The van der Waals surface area contributed by atoms with E-state index in [2.05, 4.69) is 47.8 Å². The lowest BCUT2D eigenvalue weighted by Crippen LogP contribution is -2.23. The lowest BCUT2D eigenvalue weighted by atomic mass is 9.98. The van der Waals surface area contributed by atoms with Gasteiger partial charge in [-0.1, -0.05) is 31.2 Å². The van der Waals surface area contributed by atoms with E-state index in [4.69, 9.17) is 0 Å². The summed E-state index contributed by atoms with van der Waals surface area (Å²) < 4.78 is 0. The lowest BCUT2D eigenvalue weighted by Gasteiger charge is -2.24. The van der Waals surface area contributed by atoms with Gasteiger partial charge in [-0.05, 0) is 43.8 Å². The molecular formula is C14H20N2. The molecule has 1 aliphatic rings. The lowest BCUT2D eigenvalue weighted by molar-refractivity contribution is 0.270. The normalized spacial score (nSPS) is 21.2. The maximum atomic E-state index is 4.02. The summed E-state index contributed by atoms with van der Waals surface area (Å²) in [5, 5.41) is 0. The van der Waals surface area contributed by atoms with Crippen LogP contribution in [-0.4, -0.2) is 24.7 Å². The molecule has 0 bridgehead atoms. The fraction of sp³-hybridized carbons (Fsp3) is 0.500. The fourth-order valence-electron chi connectivity index (χ4n) is 2.68. The Morgan fingerprint density at radius 2 is 2.25 bits per heavy atom. The largest absolute Gasteiger partial charge is 0.297 e. The summed E-state index contributed by atoms with van der Waals surface area (Å²) in [5.41, 5.74) is 2.79. The predicted molar refractivity (Wildman–Crippen MR) is 68.9 cm³/mol. The Morgan fingerprint density at radius 3 is 3.00 bits per heavy atom. The SMILES string of the molecule is C=NCc1ccccc1[C@@H]1CCCN1CC. The van der Waals surface area contributed by atoms with E-state index in [0.717, 1.165) is 13.1 Å². The van der Waals surface area contributed by atoms with Gasteiger partial charge in [-0.15, -0.1) is 0 Å². The Hall–Kier alpha value is -1.15. The Balaban J connectivity index is 2.27. The third kappa shape index (κ3) is 2.17. The smallest absolute Gasteiger partial charge is 0.0635 e. The van der Waals surface area contributed by atoms with Crippen LogP contribution in [0.1, 0.15) is 36.9 Å². The molecule has 2 rings (SSSR count). The Kier molecular flexibility index (Phi) is 3.73. The average Bonchev–Trinajstić information content (AvgIpc) is 2.78. The molecule has 1 atom stereocenters. The van der Waals surface area contributed by atoms with Gasteiger partial charge in [-0.2, -0.15) is 0 Å². The molecule has 0 radical (unpaired) electrons. The summed E-state index contributed by atoms with van der Waals surface area (Å²) in [5.74, 6) is 0. The summed E-state index contributed by atoms with van der Waals surface area (Å²) in [4.78, 5) is 6.58. The maximum absolute atomic E-state index is 4.02. The van der Waals surface area contributed by atoms with Gasteiger partial charge >= 0.3 is 0 Å². The molecule has 0 aromatic heterocycles. The second-order valence-electron chi connectivity index (χ2n) is 4.37. The molecule has 1 saturated heterocycles. The first kappa shape index (κ1) is 11.3. The number of rotatable bonds is 4. The number of benzene rings is 1. The second kappa shape index (κ2) is 5.26. The van der Waals surface area contributed by atoms with Gasteiger partial charge in [0.15, 0.2) is 0 Å². The van der Waals surface area contributed by atoms with E-state index in [1.807, 2.05) is 0 Å². The number of nitrogens with zero attached hydrogens (tertiary/aromatic N) is 2. The Morgan fingerprint density at radius 1 is 1.44 bits per heavy atom. The van der Waals surface area contributed by atoms with Crippen molar-refractivity contribution in [3.63, 3.8) is 0 Å². The van der Waals surface area contributed by atoms with E-state index in [-0.39, 0.29) is 0 Å². The van der Waals surface area contributed by atoms with Gasteiger partial charge in [0.1, 0.15) is 0 Å². The number of hydrogen-bond donors (Lipinski definition) is 0. The molecule has 16 heavy (non-hydrogen) atoms. The van der Waals surface area contributed by atoms with Crippen LogP contribution in [0, 0.1) is 0 Å². The highest BCUT2D eigenvalue weighted by Crippen LogP contribution is 2.33. The molecule has 0 aliphatic carbocycles. The first-order chi connectivity index (χ1) is 7.86. The molecule has 1 aliphatic heterocycles. The van der Waals surface area contributed by atoms with E-state index >= 15 is 0 Å². The Bertz CT molecular complexity index is 360. The van der Waals surface area contributed by atoms with Crippen LogP contribution in [0.5, 0.6) is 0 Å². The molecule has 1 heterocycles. The monoisotopic (exact) mass is 216 g/mol. The van der Waals surface area contributed by atoms with Crippen molar-refractivity contribution in [1.29, 1.82) is 0 Å². The molecule has 0 amide bonds. The van der Waals surface area contributed by atoms with Gasteiger partial charge in [-0.25, -0.2) is 0 Å². The van der Waals surface area contributed by atoms with Crippen molar-refractivity contribution in [2.24, 2.45) is 4.99 Å². The van der Waals surface area contributed by atoms with Crippen molar-refractivity contribution in [3.05, 3.63) is 35.4 Å². The highest BCUT2D eigenvalue weighted by atomic mass is 15.2. The first-order valence-electron chi connectivity index (χ1n) is 6.11. The molecule has 1 aromatic rings. The molecular weight excluding hydrogens is 196 g/mol. The summed E-state index contributed by atoms with van der Waals surface area (Å²) in [6.45, 7) is 8.95. The third-order valence-electron chi connectivity index (χ3n) is 3.47. The van der Waals surface area contributed by atoms with Crippen molar-refractivity contribution in [3.8, 4) is 0 Å². The topological polar surface area (TPSA) is 15.6 Å². The van der Waals surface area contributed by atoms with E-state index in [9.17, 15) is 0 Å². The molecule has 2 heteroatoms. The predicted octanol–water partition coefficient (Wildman–Crippen LogP) is 3.04. The molecule has 0 spiro atoms. The molecule has 0 unspecified atom stereocenters. The fourth-order valence-corrected chi connectivity index (χ4v) is 2.68. The summed E-state index contributed by atoms with van der Waals surface area (Å²) in [6.07, 6.45) is 2.59. The van der Waals surface area contributed by atoms with Crippen LogP contribution in [0.3, 0.4) is 0 Å². The van der Waals surface area contributed by atoms with Crippen LogP contribution >= 0.6 is 0 Å². The standard InChI is InChI=1S/C14H20N2/c1-3-16-10-6-9-14(16)13-8-5-4-7-12(13)11-15-2/h4-5,7-8,14H,2-3,6,9-11H2,1H3/t14-/m0/s1. The highest BCUT2D eigenvalue weighted by Gasteiger charge is 2.25. The van der Waals surface area contributed by atoms with E-state index in [0.29, 0.717) is 6.04 Å². The van der Waals surface area contributed by atoms with Crippen LogP contribution in [-0.2, 0) is 6.54 Å². The van der Waals surface area contributed by atoms with Crippen molar-refractivity contribution >= 4 is 6.72 Å². The van der Waals surface area contributed by atoms with Gasteiger partial charge in [0.25, 0.3) is 0 Å². The van der Waals surface area contributed by atoms with Crippen LogP contribution in [0.4, 0.5) is 0 Å². The zero-order valence-electron chi connectivity index (χ0n) is 10.0. The van der Waals surface area contributed by atoms with Crippen molar-refractivity contribution in [2.75, 3.05) is 13.1 Å². The van der Waals surface area contributed by atoms with Crippen LogP contribution in [0.2, 0.25) is 0 Å². The second-order valence-corrected chi connectivity index (χ2v) is 4.37. The van der Waals surface area contributed by atoms with Gasteiger partial charge in [0.2, 0.25) is 0 Å². The Labute approximate surface area is 98.0 Å². The van der Waals surface area contributed by atoms with E-state index in [1.165, 1.54) is 30.5 Å². The number of likely N-dealkylation sites (tertiary alicyclic amines) is 1. The van der Waals surface area contributed by atoms with Crippen LogP contribution in [0.25, 0.3) is 0 Å². The summed E-state index contributed by atoms with van der Waals surface area (Å²) in [6, 6.07) is 9.25. The van der Waals surface area contributed by atoms with Gasteiger partial charge in [0, 0.05) is 6.04 Å². The minimum Gasteiger partial charge on any atom is -0.297 e. The van der Waals surface area contributed by atoms with Crippen molar-refractivity contribution in [1.82, 2.24) is 4.90 Å². The van der Waals surface area contributed by atoms with E-state index in [1.54, 1.807) is 0 Å². The minimum atomic E-state index is 0.600. The molecule has 0 N–H and O–H groups in total. The molecule has 0 saturated carbocycles.